The van der Waals surface area contributed by atoms with Gasteiger partial charge in [-0.25, -0.2) is 9.78 Å². The topological polar surface area (TPSA) is 67.2 Å². The Hall–Kier alpha value is -1.52. The summed E-state index contributed by atoms with van der Waals surface area (Å²) in [6.45, 7) is 0. The summed E-state index contributed by atoms with van der Waals surface area (Å²) in [5, 5.41) is 11.3. The molecule has 0 amide bonds. The number of carbonyl (C=O) groups is 1. The van der Waals surface area contributed by atoms with Crippen molar-refractivity contribution in [2.24, 2.45) is 7.05 Å². The van der Waals surface area contributed by atoms with Crippen LogP contribution in [0.25, 0.3) is 0 Å². The number of nitrogens with zero attached hydrogens (tertiary/aromatic N) is 2. The number of rotatable bonds is 2. The van der Waals surface area contributed by atoms with Gasteiger partial charge in [0.1, 0.15) is 5.82 Å². The molecule has 1 aromatic heterocycles. The molecule has 5 nitrogen and oxygen atoms in total. The minimum atomic E-state index is -1.02. The second-order valence-electron chi connectivity index (χ2n) is 2.12. The van der Waals surface area contributed by atoms with E-state index in [0.717, 1.165) is 0 Å². The third-order valence-electron chi connectivity index (χ3n) is 1.32. The quantitative estimate of drug-likeness (QED) is 0.638. The van der Waals surface area contributed by atoms with Crippen LogP contribution in [-0.4, -0.2) is 27.7 Å². The molecule has 0 fully saturated rings. The van der Waals surface area contributed by atoms with Crippen LogP contribution < -0.4 is 5.32 Å². The first kappa shape index (κ1) is 7.59. The predicted octanol–water partition coefficient (Wildman–Crippen LogP) is 0.160. The Labute approximate surface area is 63.7 Å². The van der Waals surface area contributed by atoms with Gasteiger partial charge in [0.25, 0.3) is 0 Å². The van der Waals surface area contributed by atoms with Crippen molar-refractivity contribution in [2.75, 3.05) is 12.4 Å². The van der Waals surface area contributed by atoms with E-state index in [-0.39, 0.29) is 5.82 Å². The SMILES string of the molecule is CNc1cn(C)c(C(=O)O)n1. The lowest BCUT2D eigenvalue weighted by molar-refractivity contribution is 0.0680. The smallest absolute Gasteiger partial charge is 0.372 e. The number of aromatic carboxylic acids is 1. The second-order valence-corrected chi connectivity index (χ2v) is 2.12. The Bertz CT molecular complexity index is 279. The highest BCUT2D eigenvalue weighted by molar-refractivity contribution is 5.84. The first-order valence-electron chi connectivity index (χ1n) is 3.09. The molecule has 0 aliphatic rings. The minimum Gasteiger partial charge on any atom is -0.475 e. The molecule has 5 heteroatoms. The van der Waals surface area contributed by atoms with Crippen LogP contribution in [0.15, 0.2) is 6.20 Å². The summed E-state index contributed by atoms with van der Waals surface area (Å²) in [5.74, 6) is -0.423. The maximum Gasteiger partial charge on any atom is 0.372 e. The molecule has 2 N–H and O–H groups in total. The normalized spacial score (nSPS) is 9.64. The zero-order valence-electron chi connectivity index (χ0n) is 6.33. The largest absolute Gasteiger partial charge is 0.475 e. The number of hydrogen-bond acceptors (Lipinski definition) is 3. The van der Waals surface area contributed by atoms with Crippen molar-refractivity contribution in [3.8, 4) is 0 Å². The summed E-state index contributed by atoms with van der Waals surface area (Å²) in [5.41, 5.74) is 0. The van der Waals surface area contributed by atoms with E-state index in [0.29, 0.717) is 5.82 Å². The minimum absolute atomic E-state index is 0.0364. The van der Waals surface area contributed by atoms with E-state index in [1.165, 1.54) is 4.57 Å². The van der Waals surface area contributed by atoms with Crippen molar-refractivity contribution in [3.63, 3.8) is 0 Å². The van der Waals surface area contributed by atoms with E-state index in [1.54, 1.807) is 20.3 Å². The third kappa shape index (κ3) is 1.31. The highest BCUT2D eigenvalue weighted by Crippen LogP contribution is 2.04. The second kappa shape index (κ2) is 2.61. The summed E-state index contributed by atoms with van der Waals surface area (Å²) in [6.07, 6.45) is 1.61. The van der Waals surface area contributed by atoms with Gasteiger partial charge in [0.2, 0.25) is 5.82 Å². The van der Waals surface area contributed by atoms with E-state index >= 15 is 0 Å². The first-order valence-corrected chi connectivity index (χ1v) is 3.09. The molecule has 1 heterocycles. The van der Waals surface area contributed by atoms with Gasteiger partial charge in [-0.2, -0.15) is 0 Å². The molecule has 0 atom stereocenters. The monoisotopic (exact) mass is 155 g/mol. The number of carboxylic acid groups (broad SMARTS) is 1. The van der Waals surface area contributed by atoms with Gasteiger partial charge < -0.3 is 15.0 Å². The molecule has 0 aliphatic carbocycles. The van der Waals surface area contributed by atoms with Crippen LogP contribution in [0.1, 0.15) is 10.6 Å². The zero-order chi connectivity index (χ0) is 8.43. The molecule has 0 saturated heterocycles. The fourth-order valence-electron chi connectivity index (χ4n) is 0.786. The number of aromatic nitrogens is 2. The predicted molar refractivity (Wildman–Crippen MR) is 39.7 cm³/mol. The van der Waals surface area contributed by atoms with E-state index < -0.39 is 5.97 Å². The fourth-order valence-corrected chi connectivity index (χ4v) is 0.786. The van der Waals surface area contributed by atoms with Gasteiger partial charge in [0.05, 0.1) is 0 Å². The summed E-state index contributed by atoms with van der Waals surface area (Å²) >= 11 is 0. The van der Waals surface area contributed by atoms with Crippen molar-refractivity contribution < 1.29 is 9.90 Å². The number of nitrogens with one attached hydrogen (secondary N) is 1. The Morgan fingerprint density at radius 2 is 2.45 bits per heavy atom. The van der Waals surface area contributed by atoms with E-state index in [4.69, 9.17) is 5.11 Å². The Morgan fingerprint density at radius 1 is 1.82 bits per heavy atom. The molecule has 1 aromatic rings. The molecule has 1 rings (SSSR count). The average Bonchev–Trinajstić information content (AvgIpc) is 2.30. The summed E-state index contributed by atoms with van der Waals surface area (Å²) in [6, 6.07) is 0. The Kier molecular flexibility index (Phi) is 1.80. The number of imidazole rings is 1. The lowest BCUT2D eigenvalue weighted by Gasteiger charge is -1.90. The highest BCUT2D eigenvalue weighted by Gasteiger charge is 2.10. The number of carboxylic acids is 1. The van der Waals surface area contributed by atoms with E-state index in [9.17, 15) is 4.79 Å². The molecular weight excluding hydrogens is 146 g/mol. The van der Waals surface area contributed by atoms with Gasteiger partial charge in [-0.05, 0) is 0 Å². The van der Waals surface area contributed by atoms with Crippen molar-refractivity contribution >= 4 is 11.8 Å². The molecule has 0 unspecified atom stereocenters. The Morgan fingerprint density at radius 3 is 2.73 bits per heavy atom. The van der Waals surface area contributed by atoms with E-state index in [1.807, 2.05) is 0 Å². The Balaban J connectivity index is 3.07. The van der Waals surface area contributed by atoms with Gasteiger partial charge in [0, 0.05) is 20.3 Å². The standard InChI is InChI=1S/C6H9N3O2/c1-7-4-3-9(2)5(8-4)6(10)11/h3,7H,1-2H3,(H,10,11). The van der Waals surface area contributed by atoms with Crippen molar-refractivity contribution in [2.45, 2.75) is 0 Å². The van der Waals surface area contributed by atoms with Crippen LogP contribution >= 0.6 is 0 Å². The average molecular weight is 155 g/mol. The third-order valence-corrected chi connectivity index (χ3v) is 1.32. The molecule has 0 aliphatic heterocycles. The zero-order valence-corrected chi connectivity index (χ0v) is 6.33. The van der Waals surface area contributed by atoms with Crippen molar-refractivity contribution in [1.29, 1.82) is 0 Å². The van der Waals surface area contributed by atoms with Crippen LogP contribution in [0.2, 0.25) is 0 Å². The van der Waals surface area contributed by atoms with Crippen LogP contribution in [-0.2, 0) is 7.05 Å². The van der Waals surface area contributed by atoms with Crippen molar-refractivity contribution in [1.82, 2.24) is 9.55 Å². The molecule has 60 valence electrons. The molecule has 11 heavy (non-hydrogen) atoms. The number of aryl methyl sites for hydroxylation is 1. The lowest BCUT2D eigenvalue weighted by Crippen LogP contribution is -2.05. The summed E-state index contributed by atoms with van der Waals surface area (Å²) < 4.78 is 1.45. The highest BCUT2D eigenvalue weighted by atomic mass is 16.4. The van der Waals surface area contributed by atoms with Crippen LogP contribution in [0.4, 0.5) is 5.82 Å². The van der Waals surface area contributed by atoms with Gasteiger partial charge in [0.15, 0.2) is 0 Å². The molecule has 0 bridgehead atoms. The van der Waals surface area contributed by atoms with Crippen molar-refractivity contribution in [3.05, 3.63) is 12.0 Å². The molecule has 0 radical (unpaired) electrons. The van der Waals surface area contributed by atoms with Gasteiger partial charge >= 0.3 is 5.97 Å². The maximum absolute atomic E-state index is 10.4. The molecule has 0 saturated carbocycles. The van der Waals surface area contributed by atoms with Gasteiger partial charge in [-0.15, -0.1) is 0 Å². The van der Waals surface area contributed by atoms with Gasteiger partial charge in [-0.1, -0.05) is 0 Å². The van der Waals surface area contributed by atoms with Gasteiger partial charge in [-0.3, -0.25) is 0 Å². The summed E-state index contributed by atoms with van der Waals surface area (Å²) in [7, 11) is 3.32. The lowest BCUT2D eigenvalue weighted by atomic mass is 10.6. The van der Waals surface area contributed by atoms with Crippen LogP contribution in [0.5, 0.6) is 0 Å². The molecule has 0 spiro atoms. The fraction of sp³-hybridized carbons (Fsp3) is 0.333. The first-order chi connectivity index (χ1) is 5.15. The molecular formula is C6H9N3O2. The van der Waals surface area contributed by atoms with Crippen LogP contribution in [0, 0.1) is 0 Å². The van der Waals surface area contributed by atoms with Crippen LogP contribution in [0.3, 0.4) is 0 Å². The van der Waals surface area contributed by atoms with E-state index in [2.05, 4.69) is 10.3 Å². The summed E-state index contributed by atoms with van der Waals surface area (Å²) in [4.78, 5) is 14.2. The molecule has 0 aromatic carbocycles. The number of hydrogen-bond donors (Lipinski definition) is 2. The number of anilines is 1. The maximum atomic E-state index is 10.4.